The predicted octanol–water partition coefficient (Wildman–Crippen LogP) is 4.98. The van der Waals surface area contributed by atoms with Gasteiger partial charge in [0.2, 0.25) is 0 Å². The molecule has 1 atom stereocenters. The first-order valence-corrected chi connectivity index (χ1v) is 14.5. The number of likely N-dealkylation sites (tertiary alicyclic amines) is 1. The van der Waals surface area contributed by atoms with Crippen LogP contribution in [0.5, 0.6) is 0 Å². The molecule has 0 aliphatic carbocycles. The Balaban J connectivity index is 0.000000319. The normalized spacial score (nSPS) is 16.2. The molecule has 0 saturated carbocycles. The molecule has 4 rings (SSSR count). The van der Waals surface area contributed by atoms with Gasteiger partial charge in [-0.1, -0.05) is 48.0 Å². The summed E-state index contributed by atoms with van der Waals surface area (Å²) in [5.41, 5.74) is 2.77. The number of rotatable bonds is 9. The highest BCUT2D eigenvalue weighted by Crippen LogP contribution is 2.41. The van der Waals surface area contributed by atoms with E-state index in [4.69, 9.17) is 32.0 Å². The molecule has 0 amide bonds. The van der Waals surface area contributed by atoms with Crippen molar-refractivity contribution in [2.75, 3.05) is 26.2 Å². The fourth-order valence-electron chi connectivity index (χ4n) is 4.35. The minimum Gasteiger partial charge on any atom is -0.478 e. The molecule has 0 spiro atoms. The van der Waals surface area contributed by atoms with Gasteiger partial charge in [0.25, 0.3) is 0 Å². The Morgan fingerprint density at radius 1 is 0.833 bits per heavy atom. The van der Waals surface area contributed by atoms with Crippen molar-refractivity contribution >= 4 is 47.2 Å². The van der Waals surface area contributed by atoms with Gasteiger partial charge in [-0.2, -0.15) is 0 Å². The molecule has 2 aromatic rings. The van der Waals surface area contributed by atoms with Crippen LogP contribution in [0.4, 0.5) is 0 Å². The fraction of sp³-hybridized carbons (Fsp3) is 0.333. The third-order valence-corrected chi connectivity index (χ3v) is 7.63. The zero-order valence-corrected chi connectivity index (χ0v) is 24.5. The molecule has 12 heteroatoms. The molecule has 0 aromatic heterocycles. The molecule has 1 unspecified atom stereocenters. The molecule has 1 fully saturated rings. The van der Waals surface area contributed by atoms with Crippen LogP contribution in [0, 0.1) is 0 Å². The van der Waals surface area contributed by atoms with Gasteiger partial charge in [-0.3, -0.25) is 0 Å². The van der Waals surface area contributed by atoms with Gasteiger partial charge in [0.1, 0.15) is 0 Å². The summed E-state index contributed by atoms with van der Waals surface area (Å²) in [6.45, 7) is 4.86. The van der Waals surface area contributed by atoms with Crippen LogP contribution in [0.15, 0.2) is 76.6 Å². The fourth-order valence-corrected chi connectivity index (χ4v) is 5.66. The molecule has 226 valence electrons. The van der Waals surface area contributed by atoms with E-state index < -0.39 is 23.9 Å². The maximum Gasteiger partial charge on any atom is 0.328 e. The molecule has 1 saturated heterocycles. The first kappa shape index (κ1) is 34.6. The Morgan fingerprint density at radius 3 is 1.98 bits per heavy atom. The lowest BCUT2D eigenvalue weighted by Crippen LogP contribution is -2.33. The van der Waals surface area contributed by atoms with Gasteiger partial charge < -0.3 is 30.6 Å². The first-order valence-electron chi connectivity index (χ1n) is 13.3. The van der Waals surface area contributed by atoms with Gasteiger partial charge >= 0.3 is 23.9 Å². The molecule has 2 aliphatic heterocycles. The molecule has 5 N–H and O–H groups in total. The van der Waals surface area contributed by atoms with Crippen LogP contribution in [-0.4, -0.2) is 75.4 Å². The highest BCUT2D eigenvalue weighted by molar-refractivity contribution is 7.99. The van der Waals surface area contributed by atoms with Crippen molar-refractivity contribution in [3.05, 3.63) is 82.9 Å². The van der Waals surface area contributed by atoms with E-state index in [0.29, 0.717) is 30.3 Å². The quantitative estimate of drug-likeness (QED) is 0.190. The number of benzene rings is 2. The Bertz CT molecular complexity index is 1210. The molecule has 2 aliphatic rings. The van der Waals surface area contributed by atoms with Crippen LogP contribution in [-0.2, 0) is 25.6 Å². The highest BCUT2D eigenvalue weighted by Gasteiger charge is 2.22. The topological polar surface area (TPSA) is 164 Å². The summed E-state index contributed by atoms with van der Waals surface area (Å²) >= 11 is 8.14. The van der Waals surface area contributed by atoms with Crippen LogP contribution in [0.3, 0.4) is 0 Å². The smallest absolute Gasteiger partial charge is 0.328 e. The third kappa shape index (κ3) is 13.8. The number of hydrogen-bond acceptors (Lipinski definition) is 7. The minimum absolute atomic E-state index is 0.361. The van der Waals surface area contributed by atoms with Crippen LogP contribution < -0.4 is 5.32 Å². The predicted molar refractivity (Wildman–Crippen MR) is 160 cm³/mol. The molecule has 42 heavy (non-hydrogen) atoms. The molecular weight excluding hydrogens is 584 g/mol. The van der Waals surface area contributed by atoms with E-state index in [1.54, 1.807) is 0 Å². The lowest BCUT2D eigenvalue weighted by atomic mass is 9.98. The maximum atomic E-state index is 9.55. The summed E-state index contributed by atoms with van der Waals surface area (Å²) in [5, 5.41) is 35.9. The van der Waals surface area contributed by atoms with E-state index in [1.165, 1.54) is 66.2 Å². The van der Waals surface area contributed by atoms with Gasteiger partial charge in [0.15, 0.2) is 0 Å². The van der Waals surface area contributed by atoms with Gasteiger partial charge in [0.05, 0.1) is 0 Å². The van der Waals surface area contributed by atoms with Crippen molar-refractivity contribution in [1.29, 1.82) is 0 Å². The molecular formula is C30H35ClN2O8S. The first-order chi connectivity index (χ1) is 20.0. The summed E-state index contributed by atoms with van der Waals surface area (Å²) in [5.74, 6) is -5.03. The van der Waals surface area contributed by atoms with Gasteiger partial charge in [-0.15, -0.1) is 0 Å². The number of fused-ring (bicyclic) bond motifs is 2. The number of nitrogens with zero attached hydrogens (tertiary/aromatic N) is 1. The second-order valence-corrected chi connectivity index (χ2v) is 10.9. The number of halogens is 1. The number of aliphatic carboxylic acids is 4. The standard InChI is InChI=1S/C22H27ClN2S.2C4H4O4/c23-18-9-10-21-17(15-18)16-20(19-7-2-3-8-22(19)26-21)24-11-6-14-25-12-4-1-5-13-25;2*5-3(6)1-2-4(7)8/h2-3,7-10,15,20,24H,1,4-6,11-14,16H2;2*1-2H,(H,5,6)(H,7,8)/b;2*2-1-. The van der Waals surface area contributed by atoms with Crippen LogP contribution in [0.2, 0.25) is 5.02 Å². The number of hydrogen-bond donors (Lipinski definition) is 5. The molecule has 0 radical (unpaired) electrons. The maximum absolute atomic E-state index is 9.55. The van der Waals surface area contributed by atoms with Crippen LogP contribution in [0.1, 0.15) is 42.9 Å². The lowest BCUT2D eigenvalue weighted by molar-refractivity contribution is -0.134. The van der Waals surface area contributed by atoms with Crippen molar-refractivity contribution in [2.45, 2.75) is 47.9 Å². The van der Waals surface area contributed by atoms with Crippen LogP contribution in [0.25, 0.3) is 0 Å². The zero-order valence-electron chi connectivity index (χ0n) is 22.9. The number of nitrogens with one attached hydrogen (secondary N) is 1. The number of piperidine rings is 1. The van der Waals surface area contributed by atoms with Crippen LogP contribution >= 0.6 is 23.4 Å². The summed E-state index contributed by atoms with van der Waals surface area (Å²) < 4.78 is 0. The number of carboxylic acids is 4. The second-order valence-electron chi connectivity index (χ2n) is 9.38. The molecule has 2 heterocycles. The average molecular weight is 619 g/mol. The SMILES string of the molecule is Clc1ccc2c(c1)CC(NCCCN1CCCCC1)c1ccccc1S2.O=C(O)/C=C\C(=O)O.O=C(O)/C=C\C(=O)O. The molecule has 0 bridgehead atoms. The Kier molecular flexibility index (Phi) is 15.4. The average Bonchev–Trinajstić information content (AvgIpc) is 3.10. The van der Waals surface area contributed by atoms with E-state index >= 15 is 0 Å². The van der Waals surface area contributed by atoms with Gasteiger partial charge in [-0.25, -0.2) is 19.2 Å². The second kappa shape index (κ2) is 18.7. The van der Waals surface area contributed by atoms with E-state index in [0.717, 1.165) is 18.0 Å². The van der Waals surface area contributed by atoms with Crippen molar-refractivity contribution in [2.24, 2.45) is 0 Å². The summed E-state index contributed by atoms with van der Waals surface area (Å²) in [7, 11) is 0. The number of carboxylic acid groups (broad SMARTS) is 4. The largest absolute Gasteiger partial charge is 0.478 e. The number of carbonyl (C=O) groups is 4. The Labute approximate surface area is 253 Å². The molecule has 2 aromatic carbocycles. The van der Waals surface area contributed by atoms with Crippen molar-refractivity contribution < 1.29 is 39.6 Å². The van der Waals surface area contributed by atoms with Gasteiger partial charge in [-0.05, 0) is 87.3 Å². The zero-order chi connectivity index (χ0) is 30.9. The Hall–Kier alpha value is -3.64. The van der Waals surface area contributed by atoms with Gasteiger partial charge in [0, 0.05) is 45.2 Å². The minimum atomic E-state index is -1.26. The Morgan fingerprint density at radius 2 is 1.40 bits per heavy atom. The molecule has 10 nitrogen and oxygen atoms in total. The lowest BCUT2D eigenvalue weighted by Gasteiger charge is -2.27. The van der Waals surface area contributed by atoms with Crippen molar-refractivity contribution in [1.82, 2.24) is 10.2 Å². The van der Waals surface area contributed by atoms with E-state index in [1.807, 2.05) is 17.8 Å². The summed E-state index contributed by atoms with van der Waals surface area (Å²) in [4.78, 5) is 43.5. The highest BCUT2D eigenvalue weighted by atomic mass is 35.5. The summed E-state index contributed by atoms with van der Waals surface area (Å²) in [6, 6.07) is 15.5. The monoisotopic (exact) mass is 618 g/mol. The van der Waals surface area contributed by atoms with Crippen molar-refractivity contribution in [3.8, 4) is 0 Å². The summed E-state index contributed by atoms with van der Waals surface area (Å²) in [6.07, 6.45) is 8.61. The third-order valence-electron chi connectivity index (χ3n) is 6.19. The van der Waals surface area contributed by atoms with E-state index in [2.05, 4.69) is 46.6 Å². The van der Waals surface area contributed by atoms with E-state index in [-0.39, 0.29) is 0 Å². The van der Waals surface area contributed by atoms with Crippen molar-refractivity contribution in [3.63, 3.8) is 0 Å². The van der Waals surface area contributed by atoms with E-state index in [9.17, 15) is 19.2 Å².